The molecule has 138 valence electrons. The molecule has 2 aromatic carbocycles. The van der Waals surface area contributed by atoms with Gasteiger partial charge in [-0.2, -0.15) is 0 Å². The van der Waals surface area contributed by atoms with Gasteiger partial charge in [0.25, 0.3) is 0 Å². The van der Waals surface area contributed by atoms with Gasteiger partial charge in [-0.25, -0.2) is 0 Å². The Morgan fingerprint density at radius 1 is 1.00 bits per heavy atom. The fourth-order valence-corrected chi connectivity index (χ4v) is 3.75. The van der Waals surface area contributed by atoms with Crippen molar-refractivity contribution in [3.8, 4) is 0 Å². The average molecular weight is 392 g/mol. The van der Waals surface area contributed by atoms with Crippen molar-refractivity contribution in [3.05, 3.63) is 58.1 Å². The zero-order chi connectivity index (χ0) is 18.5. The topological polar surface area (TPSA) is 35.6 Å². The van der Waals surface area contributed by atoms with Crippen LogP contribution in [0.3, 0.4) is 0 Å². The predicted molar refractivity (Wildman–Crippen MR) is 110 cm³/mol. The third-order valence-corrected chi connectivity index (χ3v) is 5.45. The zero-order valence-electron chi connectivity index (χ0n) is 14.8. The first-order chi connectivity index (χ1) is 12.6. The van der Waals surface area contributed by atoms with Gasteiger partial charge in [0.15, 0.2) is 0 Å². The standard InChI is InChI=1S/C20H23Cl2N3O/c1-2-24-10-12-25(13-11-24)19-9-4-3-8-18(19)23-20(26)14-15-16(21)6-5-7-17(15)22/h3-9H,2,10-14H2,1H3,(H,23,26). The van der Waals surface area contributed by atoms with Gasteiger partial charge < -0.3 is 15.1 Å². The Morgan fingerprint density at radius 3 is 2.31 bits per heavy atom. The summed E-state index contributed by atoms with van der Waals surface area (Å²) >= 11 is 12.4. The van der Waals surface area contributed by atoms with Crippen LogP contribution in [0, 0.1) is 0 Å². The van der Waals surface area contributed by atoms with Gasteiger partial charge in [-0.3, -0.25) is 4.79 Å². The van der Waals surface area contributed by atoms with Crippen LogP contribution in [0.5, 0.6) is 0 Å². The Morgan fingerprint density at radius 2 is 1.65 bits per heavy atom. The number of amides is 1. The molecule has 2 aromatic rings. The Hall–Kier alpha value is -1.75. The summed E-state index contributed by atoms with van der Waals surface area (Å²) in [7, 11) is 0. The first-order valence-corrected chi connectivity index (χ1v) is 9.63. The van der Waals surface area contributed by atoms with E-state index in [1.165, 1.54) is 0 Å². The van der Waals surface area contributed by atoms with Gasteiger partial charge in [0, 0.05) is 36.2 Å². The smallest absolute Gasteiger partial charge is 0.228 e. The number of nitrogens with zero attached hydrogens (tertiary/aromatic N) is 2. The number of likely N-dealkylation sites (N-methyl/N-ethyl adjacent to an activating group) is 1. The van der Waals surface area contributed by atoms with Crippen LogP contribution in [0.4, 0.5) is 11.4 Å². The molecule has 3 rings (SSSR count). The number of rotatable bonds is 5. The molecule has 0 aromatic heterocycles. The Balaban J connectivity index is 1.71. The molecule has 1 saturated heterocycles. The number of anilines is 2. The number of halogens is 2. The van der Waals surface area contributed by atoms with Crippen molar-refractivity contribution in [1.29, 1.82) is 0 Å². The lowest BCUT2D eigenvalue weighted by Gasteiger charge is -2.36. The molecule has 6 heteroatoms. The van der Waals surface area contributed by atoms with E-state index < -0.39 is 0 Å². The molecule has 1 aliphatic heterocycles. The van der Waals surface area contributed by atoms with E-state index in [1.807, 2.05) is 18.2 Å². The van der Waals surface area contributed by atoms with E-state index in [9.17, 15) is 4.79 Å². The van der Waals surface area contributed by atoms with Gasteiger partial charge in [0.2, 0.25) is 5.91 Å². The number of piperazine rings is 1. The Kier molecular flexibility index (Phi) is 6.41. The highest BCUT2D eigenvalue weighted by atomic mass is 35.5. The third kappa shape index (κ3) is 4.50. The molecule has 26 heavy (non-hydrogen) atoms. The molecule has 1 N–H and O–H groups in total. The van der Waals surface area contributed by atoms with Crippen LogP contribution in [0.2, 0.25) is 10.0 Å². The molecular weight excluding hydrogens is 369 g/mol. The summed E-state index contributed by atoms with van der Waals surface area (Å²) in [6.07, 6.45) is 0.149. The normalized spacial score (nSPS) is 15.1. The Bertz CT molecular complexity index is 753. The van der Waals surface area contributed by atoms with Crippen LogP contribution in [-0.2, 0) is 11.2 Å². The Labute approximate surface area is 164 Å². The van der Waals surface area contributed by atoms with Crippen molar-refractivity contribution < 1.29 is 4.79 Å². The van der Waals surface area contributed by atoms with E-state index >= 15 is 0 Å². The van der Waals surface area contributed by atoms with Crippen LogP contribution >= 0.6 is 23.2 Å². The lowest BCUT2D eigenvalue weighted by atomic mass is 10.1. The largest absolute Gasteiger partial charge is 0.367 e. The maximum Gasteiger partial charge on any atom is 0.228 e. The SMILES string of the molecule is CCN1CCN(c2ccccc2NC(=O)Cc2c(Cl)cccc2Cl)CC1. The maximum absolute atomic E-state index is 12.6. The highest BCUT2D eigenvalue weighted by Crippen LogP contribution is 2.28. The third-order valence-electron chi connectivity index (χ3n) is 4.74. The number of carbonyl (C=O) groups is 1. The number of hydrogen-bond donors (Lipinski definition) is 1. The number of carbonyl (C=O) groups excluding carboxylic acids is 1. The van der Waals surface area contributed by atoms with E-state index in [4.69, 9.17) is 23.2 Å². The van der Waals surface area contributed by atoms with Crippen molar-refractivity contribution in [2.45, 2.75) is 13.3 Å². The van der Waals surface area contributed by atoms with Crippen molar-refractivity contribution in [2.24, 2.45) is 0 Å². The monoisotopic (exact) mass is 391 g/mol. The first-order valence-electron chi connectivity index (χ1n) is 8.87. The van der Waals surface area contributed by atoms with Crippen LogP contribution in [0.1, 0.15) is 12.5 Å². The maximum atomic E-state index is 12.6. The number of benzene rings is 2. The summed E-state index contributed by atoms with van der Waals surface area (Å²) in [6, 6.07) is 13.2. The van der Waals surface area contributed by atoms with E-state index in [-0.39, 0.29) is 12.3 Å². The lowest BCUT2D eigenvalue weighted by Crippen LogP contribution is -2.46. The molecule has 1 amide bonds. The summed E-state index contributed by atoms with van der Waals surface area (Å²) < 4.78 is 0. The van der Waals surface area contributed by atoms with E-state index in [0.717, 1.165) is 44.1 Å². The van der Waals surface area contributed by atoms with Crippen molar-refractivity contribution in [3.63, 3.8) is 0 Å². The lowest BCUT2D eigenvalue weighted by molar-refractivity contribution is -0.115. The van der Waals surface area contributed by atoms with E-state index in [1.54, 1.807) is 18.2 Å². The minimum absolute atomic E-state index is 0.125. The van der Waals surface area contributed by atoms with Crippen molar-refractivity contribution in [1.82, 2.24) is 4.90 Å². The van der Waals surface area contributed by atoms with Gasteiger partial charge in [0.05, 0.1) is 17.8 Å². The minimum Gasteiger partial charge on any atom is -0.367 e. The molecule has 0 atom stereocenters. The zero-order valence-corrected chi connectivity index (χ0v) is 16.4. The fourth-order valence-electron chi connectivity index (χ4n) is 3.22. The average Bonchev–Trinajstić information content (AvgIpc) is 2.65. The van der Waals surface area contributed by atoms with Gasteiger partial charge in [0.1, 0.15) is 0 Å². The van der Waals surface area contributed by atoms with Crippen LogP contribution in [-0.4, -0.2) is 43.5 Å². The summed E-state index contributed by atoms with van der Waals surface area (Å²) in [5, 5.41) is 4.05. The van der Waals surface area contributed by atoms with Gasteiger partial charge in [-0.15, -0.1) is 0 Å². The number of nitrogens with one attached hydrogen (secondary N) is 1. The molecule has 1 fully saturated rings. The highest BCUT2D eigenvalue weighted by Gasteiger charge is 2.19. The van der Waals surface area contributed by atoms with Gasteiger partial charge in [-0.05, 0) is 36.4 Å². The van der Waals surface area contributed by atoms with Crippen LogP contribution < -0.4 is 10.2 Å². The highest BCUT2D eigenvalue weighted by molar-refractivity contribution is 6.36. The van der Waals surface area contributed by atoms with Crippen molar-refractivity contribution >= 4 is 40.5 Å². The molecule has 1 aliphatic rings. The summed E-state index contributed by atoms with van der Waals surface area (Å²) in [5.41, 5.74) is 2.54. The molecule has 0 bridgehead atoms. The predicted octanol–water partition coefficient (Wildman–Crippen LogP) is 4.32. The summed E-state index contributed by atoms with van der Waals surface area (Å²) in [5.74, 6) is -0.125. The summed E-state index contributed by atoms with van der Waals surface area (Å²) in [6.45, 7) is 7.24. The number of hydrogen-bond acceptors (Lipinski definition) is 3. The molecule has 0 unspecified atom stereocenters. The molecule has 0 radical (unpaired) electrons. The van der Waals surface area contributed by atoms with Crippen LogP contribution in [0.15, 0.2) is 42.5 Å². The van der Waals surface area contributed by atoms with E-state index in [2.05, 4.69) is 28.1 Å². The first kappa shape index (κ1) is 19.0. The minimum atomic E-state index is -0.125. The van der Waals surface area contributed by atoms with Crippen LogP contribution in [0.25, 0.3) is 0 Å². The molecule has 1 heterocycles. The van der Waals surface area contributed by atoms with Gasteiger partial charge >= 0.3 is 0 Å². The fraction of sp³-hybridized carbons (Fsp3) is 0.350. The number of para-hydroxylation sites is 2. The quantitative estimate of drug-likeness (QED) is 0.824. The van der Waals surface area contributed by atoms with Gasteiger partial charge in [-0.1, -0.05) is 48.3 Å². The molecule has 0 spiro atoms. The van der Waals surface area contributed by atoms with Crippen molar-refractivity contribution in [2.75, 3.05) is 42.9 Å². The molecule has 0 aliphatic carbocycles. The molecular formula is C20H23Cl2N3O. The second-order valence-corrected chi connectivity index (χ2v) is 7.18. The second kappa shape index (κ2) is 8.76. The van der Waals surface area contributed by atoms with E-state index in [0.29, 0.717) is 15.6 Å². The molecule has 0 saturated carbocycles. The summed E-state index contributed by atoms with van der Waals surface area (Å²) in [4.78, 5) is 17.3. The second-order valence-electron chi connectivity index (χ2n) is 6.36. The molecule has 4 nitrogen and oxygen atoms in total.